The number of imidazole rings is 1. The Bertz CT molecular complexity index is 1930. The highest BCUT2D eigenvalue weighted by atomic mass is 19.4. The molecule has 3 heterocycles. The van der Waals surface area contributed by atoms with E-state index in [1.165, 1.54) is 0 Å². The lowest BCUT2D eigenvalue weighted by Crippen LogP contribution is -2.21. The van der Waals surface area contributed by atoms with Crippen molar-refractivity contribution in [3.63, 3.8) is 0 Å². The van der Waals surface area contributed by atoms with Gasteiger partial charge in [0, 0.05) is 23.5 Å². The van der Waals surface area contributed by atoms with Crippen molar-refractivity contribution < 1.29 is 37.2 Å². The normalized spacial score (nSPS) is 10.9. The number of aliphatic carboxylic acids is 1. The Hall–Kier alpha value is -6.22. The van der Waals surface area contributed by atoms with Crippen molar-refractivity contribution in [2.45, 2.75) is 26.1 Å². The van der Waals surface area contributed by atoms with Crippen LogP contribution in [0.5, 0.6) is 5.75 Å². The molecule has 18 heteroatoms. The van der Waals surface area contributed by atoms with Gasteiger partial charge in [0.05, 0.1) is 30.1 Å². The molecule has 0 bridgehead atoms. The second-order valence-corrected chi connectivity index (χ2v) is 9.49. The molecule has 0 atom stereocenters. The largest absolute Gasteiger partial charge is 0.490 e. The van der Waals surface area contributed by atoms with Crippen LogP contribution < -0.4 is 26.8 Å². The summed E-state index contributed by atoms with van der Waals surface area (Å²) in [7, 11) is 0. The van der Waals surface area contributed by atoms with E-state index in [0.717, 1.165) is 0 Å². The van der Waals surface area contributed by atoms with Gasteiger partial charge in [0.2, 0.25) is 0 Å². The van der Waals surface area contributed by atoms with Crippen LogP contribution in [0.4, 0.5) is 35.2 Å². The number of nitriles is 1. The third-order valence-corrected chi connectivity index (χ3v) is 6.27. The molecule has 47 heavy (non-hydrogen) atoms. The maximum absolute atomic E-state index is 12.7. The molecule has 15 nitrogen and oxygen atoms in total. The zero-order valence-corrected chi connectivity index (χ0v) is 24.6. The molecule has 0 radical (unpaired) electrons. The topological polar surface area (TPSA) is 233 Å². The van der Waals surface area contributed by atoms with E-state index in [1.807, 2.05) is 23.6 Å². The van der Waals surface area contributed by atoms with E-state index in [-0.39, 0.29) is 5.82 Å². The summed E-state index contributed by atoms with van der Waals surface area (Å²) in [6.07, 6.45) is -2.77. The number of alkyl halides is 3. The fraction of sp³-hybridized carbons (Fsp3) is 0.207. The predicted octanol–water partition coefficient (Wildman–Crippen LogP) is 4.63. The Morgan fingerprint density at radius 1 is 1.11 bits per heavy atom. The molecule has 0 fully saturated rings. The number of anilines is 3. The number of benzene rings is 2. The average Bonchev–Trinajstić information content (AvgIpc) is 3.64. The van der Waals surface area contributed by atoms with Crippen molar-refractivity contribution in [1.29, 1.82) is 5.26 Å². The number of hydrogen-bond acceptors (Lipinski definition) is 11. The molecule has 0 saturated carbocycles. The summed E-state index contributed by atoms with van der Waals surface area (Å²) in [4.78, 5) is 31.1. The maximum atomic E-state index is 12.7. The number of rotatable bonds is 9. The van der Waals surface area contributed by atoms with E-state index in [4.69, 9.17) is 41.0 Å². The molecule has 0 spiro atoms. The van der Waals surface area contributed by atoms with Crippen molar-refractivity contribution in [2.75, 3.05) is 29.5 Å². The number of carboxylic acid groups (broad SMARTS) is 1. The van der Waals surface area contributed by atoms with Crippen molar-refractivity contribution in [3.05, 3.63) is 60.3 Å². The summed E-state index contributed by atoms with van der Waals surface area (Å²) in [5.74, 6) is -1.64. The molecular weight excluding hydrogens is 625 g/mol. The quantitative estimate of drug-likeness (QED) is 0.137. The number of hydrogen-bond donors (Lipinski definition) is 5. The van der Waals surface area contributed by atoms with Crippen molar-refractivity contribution >= 4 is 40.2 Å². The molecule has 2 amide bonds. The van der Waals surface area contributed by atoms with Gasteiger partial charge in [-0.3, -0.25) is 0 Å². The minimum absolute atomic E-state index is 0.114. The minimum atomic E-state index is -5.08. The molecule has 0 saturated heterocycles. The molecular formula is C29H27F3N10O5. The van der Waals surface area contributed by atoms with Gasteiger partial charge < -0.3 is 36.5 Å². The first-order chi connectivity index (χ1) is 22.5. The first-order valence-electron chi connectivity index (χ1n) is 13.8. The minimum Gasteiger partial charge on any atom is -0.490 e. The van der Waals surface area contributed by atoms with E-state index in [9.17, 15) is 18.0 Å². The molecule has 0 aliphatic rings. The Morgan fingerprint density at radius 3 is 2.38 bits per heavy atom. The number of nitrogens with two attached hydrogens (primary N) is 2. The second kappa shape index (κ2) is 14.7. The van der Waals surface area contributed by atoms with Gasteiger partial charge in [-0.05, 0) is 60.5 Å². The molecule has 5 rings (SSSR count). The van der Waals surface area contributed by atoms with E-state index in [2.05, 4.69) is 25.9 Å². The molecule has 3 aromatic heterocycles. The molecule has 0 unspecified atom stereocenters. The number of carbonyl (C=O) groups excluding carboxylic acids is 1. The van der Waals surface area contributed by atoms with Crippen molar-refractivity contribution in [3.8, 4) is 34.6 Å². The average molecular weight is 653 g/mol. The Morgan fingerprint density at radius 2 is 1.79 bits per heavy atom. The zero-order chi connectivity index (χ0) is 34.1. The number of nitrogen functional groups attached to an aromatic ring is 1. The fourth-order valence-corrected chi connectivity index (χ4v) is 4.24. The van der Waals surface area contributed by atoms with Gasteiger partial charge in [0.25, 0.3) is 0 Å². The van der Waals surface area contributed by atoms with Crippen LogP contribution in [0.15, 0.2) is 59.4 Å². The van der Waals surface area contributed by atoms with Crippen LogP contribution in [0, 0.1) is 11.3 Å². The zero-order valence-electron chi connectivity index (χ0n) is 24.6. The first-order valence-corrected chi connectivity index (χ1v) is 13.8. The number of carboxylic acids is 1. The lowest BCUT2D eigenvalue weighted by molar-refractivity contribution is -0.192. The second-order valence-electron chi connectivity index (χ2n) is 9.49. The summed E-state index contributed by atoms with van der Waals surface area (Å²) in [5.41, 5.74) is 16.0. The number of ether oxygens (including phenoxy) is 1. The summed E-state index contributed by atoms with van der Waals surface area (Å²) in [5, 5.41) is 29.4. The third kappa shape index (κ3) is 8.09. The highest BCUT2D eigenvalue weighted by Crippen LogP contribution is 2.37. The number of nitrogens with zero attached hydrogens (tertiary/aromatic N) is 6. The van der Waals surface area contributed by atoms with Gasteiger partial charge >= 0.3 is 18.2 Å². The van der Waals surface area contributed by atoms with E-state index in [0.29, 0.717) is 82.6 Å². The van der Waals surface area contributed by atoms with Crippen molar-refractivity contribution in [1.82, 2.24) is 24.8 Å². The summed E-state index contributed by atoms with van der Waals surface area (Å²) >= 11 is 0. The van der Waals surface area contributed by atoms with E-state index < -0.39 is 18.2 Å². The molecule has 0 aliphatic carbocycles. The van der Waals surface area contributed by atoms with Crippen LogP contribution in [0.25, 0.3) is 33.8 Å². The lowest BCUT2D eigenvalue weighted by Gasteiger charge is -2.12. The number of nitrogens with one attached hydrogen (secondary N) is 2. The third-order valence-electron chi connectivity index (χ3n) is 6.27. The number of halogens is 3. The first kappa shape index (κ1) is 33.7. The molecule has 7 N–H and O–H groups in total. The number of pyridine rings is 1. The van der Waals surface area contributed by atoms with Crippen LogP contribution in [0.2, 0.25) is 0 Å². The number of fused-ring (bicyclic) bond motifs is 1. The van der Waals surface area contributed by atoms with Crippen molar-refractivity contribution in [2.24, 2.45) is 5.73 Å². The summed E-state index contributed by atoms with van der Waals surface area (Å²) in [6, 6.07) is 15.5. The van der Waals surface area contributed by atoms with Crippen LogP contribution >= 0.6 is 0 Å². The van der Waals surface area contributed by atoms with Gasteiger partial charge in [-0.1, -0.05) is 18.2 Å². The SMILES string of the molecule is CCn1c(-c2nonc2N)nc2c(-c3cccc(NC(=O)Nc4cccc(C#N)c4)c3)ncc(OCCCN)c21.O=C(O)C(F)(F)F. The highest BCUT2D eigenvalue weighted by molar-refractivity contribution is 6.01. The number of aromatic nitrogens is 5. The van der Waals surface area contributed by atoms with Crippen LogP contribution in [-0.2, 0) is 11.3 Å². The number of amides is 2. The van der Waals surface area contributed by atoms with E-state index in [1.54, 1.807) is 48.7 Å². The van der Waals surface area contributed by atoms with Crippen LogP contribution in [0.1, 0.15) is 18.9 Å². The van der Waals surface area contributed by atoms with Gasteiger partial charge in [-0.15, -0.1) is 0 Å². The van der Waals surface area contributed by atoms with Crippen LogP contribution in [-0.4, -0.2) is 61.3 Å². The Balaban J connectivity index is 0.000000644. The molecule has 5 aromatic rings. The van der Waals surface area contributed by atoms with Gasteiger partial charge in [-0.25, -0.2) is 24.2 Å². The van der Waals surface area contributed by atoms with Crippen LogP contribution in [0.3, 0.4) is 0 Å². The smallest absolute Gasteiger partial charge is 0.490 e. The molecule has 0 aliphatic heterocycles. The molecule has 244 valence electrons. The number of carbonyl (C=O) groups is 2. The number of urea groups is 1. The van der Waals surface area contributed by atoms with Gasteiger partial charge in [0.1, 0.15) is 11.0 Å². The highest BCUT2D eigenvalue weighted by Gasteiger charge is 2.38. The lowest BCUT2D eigenvalue weighted by atomic mass is 10.1. The molecule has 2 aromatic carbocycles. The predicted molar refractivity (Wildman–Crippen MR) is 163 cm³/mol. The number of aryl methyl sites for hydroxylation is 1. The van der Waals surface area contributed by atoms with E-state index >= 15 is 0 Å². The summed E-state index contributed by atoms with van der Waals surface area (Å²) in [6.45, 7) is 3.40. The maximum Gasteiger partial charge on any atom is 0.490 e. The Labute approximate surface area is 263 Å². The fourth-order valence-electron chi connectivity index (χ4n) is 4.24. The van der Waals surface area contributed by atoms with Gasteiger partial charge in [0.15, 0.2) is 23.1 Å². The van der Waals surface area contributed by atoms with Gasteiger partial charge in [-0.2, -0.15) is 18.4 Å². The summed E-state index contributed by atoms with van der Waals surface area (Å²) < 4.78 is 44.5. The Kier molecular flexibility index (Phi) is 10.5. The monoisotopic (exact) mass is 652 g/mol. The standard InChI is InChI=1S/C27H26N10O3.C2HF3O2/c1-2-37-24-20(39-11-5-10-28)15-31-21(22(24)34-26(37)23-25(30)36-40-35-23)17-7-4-9-19(13-17)33-27(38)32-18-8-3-6-16(12-18)14-29;3-2(4,5)1(6)7/h3-4,6-9,12-13,15H,2,5,10-11,28H2,1H3,(H2,30,36)(H2,32,33,38);(H,6,7).